The van der Waals surface area contributed by atoms with Crippen LogP contribution in [-0.2, 0) is 4.79 Å². The quantitative estimate of drug-likeness (QED) is 0.804. The highest BCUT2D eigenvalue weighted by Crippen LogP contribution is 2.22. The molecule has 1 fully saturated rings. The van der Waals surface area contributed by atoms with Crippen LogP contribution in [-0.4, -0.2) is 28.9 Å². The summed E-state index contributed by atoms with van der Waals surface area (Å²) in [7, 11) is 1.87. The Morgan fingerprint density at radius 2 is 2.10 bits per heavy atom. The van der Waals surface area contributed by atoms with Crippen LogP contribution in [0.3, 0.4) is 0 Å². The predicted octanol–water partition coefficient (Wildman–Crippen LogP) is 3.24. The summed E-state index contributed by atoms with van der Waals surface area (Å²) in [6.45, 7) is 0. The van der Waals surface area contributed by atoms with Gasteiger partial charge in [-0.25, -0.2) is 4.98 Å². The maximum atomic E-state index is 12.1. The Morgan fingerprint density at radius 1 is 1.35 bits per heavy atom. The molecule has 1 heterocycles. The minimum atomic E-state index is 0.0131. The Hall–Kier alpha value is -2.10. The second-order valence-corrected chi connectivity index (χ2v) is 5.24. The number of likely N-dealkylation sites (N-methyl/N-ethyl adjacent to an activating group) is 1. The molecule has 1 aliphatic rings. The van der Waals surface area contributed by atoms with Crippen molar-refractivity contribution in [3.63, 3.8) is 0 Å². The number of amides is 1. The van der Waals surface area contributed by atoms with E-state index in [1.54, 1.807) is 12.2 Å². The Bertz CT molecular complexity index is 606. The molecule has 1 aromatic heterocycles. The van der Waals surface area contributed by atoms with Crippen LogP contribution in [0.15, 0.2) is 34.8 Å². The van der Waals surface area contributed by atoms with Crippen LogP contribution in [0.4, 0.5) is 0 Å². The maximum Gasteiger partial charge on any atom is 0.246 e. The molecule has 4 heteroatoms. The van der Waals surface area contributed by atoms with Gasteiger partial charge in [-0.05, 0) is 25.0 Å². The summed E-state index contributed by atoms with van der Waals surface area (Å²) >= 11 is 0. The SMILES string of the molecule is CN(C(=O)/C=C/c1nc2ccccc2o1)C1CCCC1. The van der Waals surface area contributed by atoms with Crippen LogP contribution in [0.5, 0.6) is 0 Å². The molecule has 0 N–H and O–H groups in total. The molecule has 0 spiro atoms. The van der Waals surface area contributed by atoms with Crippen LogP contribution in [0.2, 0.25) is 0 Å². The average molecular weight is 270 g/mol. The van der Waals surface area contributed by atoms with Gasteiger partial charge in [-0.2, -0.15) is 0 Å². The monoisotopic (exact) mass is 270 g/mol. The second kappa shape index (κ2) is 5.49. The highest BCUT2D eigenvalue weighted by molar-refractivity contribution is 5.91. The Balaban J connectivity index is 1.71. The van der Waals surface area contributed by atoms with E-state index in [0.29, 0.717) is 11.9 Å². The predicted molar refractivity (Wildman–Crippen MR) is 78.1 cm³/mol. The molecular formula is C16H18N2O2. The average Bonchev–Trinajstić information content (AvgIpc) is 3.12. The fourth-order valence-electron chi connectivity index (χ4n) is 2.69. The molecule has 0 atom stereocenters. The lowest BCUT2D eigenvalue weighted by Crippen LogP contribution is -2.33. The van der Waals surface area contributed by atoms with Gasteiger partial charge in [0.25, 0.3) is 0 Å². The molecule has 0 bridgehead atoms. The van der Waals surface area contributed by atoms with Gasteiger partial charge in [0, 0.05) is 25.2 Å². The molecule has 1 aliphatic carbocycles. The summed E-state index contributed by atoms with van der Waals surface area (Å²) in [5.41, 5.74) is 1.55. The molecular weight excluding hydrogens is 252 g/mol. The Labute approximate surface area is 118 Å². The number of oxazole rings is 1. The van der Waals surface area contributed by atoms with E-state index < -0.39 is 0 Å². The van der Waals surface area contributed by atoms with Gasteiger partial charge < -0.3 is 9.32 Å². The van der Waals surface area contributed by atoms with E-state index in [1.807, 2.05) is 36.2 Å². The molecule has 20 heavy (non-hydrogen) atoms. The normalized spacial score (nSPS) is 16.2. The number of para-hydroxylation sites is 2. The molecule has 0 saturated heterocycles. The lowest BCUT2D eigenvalue weighted by atomic mass is 10.2. The van der Waals surface area contributed by atoms with Crippen molar-refractivity contribution in [2.75, 3.05) is 7.05 Å². The van der Waals surface area contributed by atoms with Crippen molar-refractivity contribution in [1.82, 2.24) is 9.88 Å². The number of hydrogen-bond acceptors (Lipinski definition) is 3. The first-order valence-electron chi connectivity index (χ1n) is 7.04. The van der Waals surface area contributed by atoms with Crippen molar-refractivity contribution in [3.8, 4) is 0 Å². The zero-order valence-electron chi connectivity index (χ0n) is 11.6. The third-order valence-corrected chi connectivity index (χ3v) is 3.90. The minimum absolute atomic E-state index is 0.0131. The highest BCUT2D eigenvalue weighted by atomic mass is 16.3. The third-order valence-electron chi connectivity index (χ3n) is 3.90. The maximum absolute atomic E-state index is 12.1. The zero-order valence-corrected chi connectivity index (χ0v) is 11.6. The molecule has 3 rings (SSSR count). The van der Waals surface area contributed by atoms with Crippen molar-refractivity contribution >= 4 is 23.1 Å². The van der Waals surface area contributed by atoms with Gasteiger partial charge in [-0.15, -0.1) is 0 Å². The first kappa shape index (κ1) is 12.9. The largest absolute Gasteiger partial charge is 0.437 e. The molecule has 2 aromatic rings. The van der Waals surface area contributed by atoms with Crippen molar-refractivity contribution in [2.45, 2.75) is 31.7 Å². The summed E-state index contributed by atoms with van der Waals surface area (Å²) in [5.74, 6) is 0.485. The summed E-state index contributed by atoms with van der Waals surface area (Å²) in [4.78, 5) is 18.2. The van der Waals surface area contributed by atoms with Gasteiger partial charge in [0.1, 0.15) is 5.52 Å². The Morgan fingerprint density at radius 3 is 2.85 bits per heavy atom. The molecule has 0 unspecified atom stereocenters. The summed E-state index contributed by atoms with van der Waals surface area (Å²) in [5, 5.41) is 0. The summed E-state index contributed by atoms with van der Waals surface area (Å²) in [6, 6.07) is 7.96. The topological polar surface area (TPSA) is 46.3 Å². The van der Waals surface area contributed by atoms with Gasteiger partial charge in [0.15, 0.2) is 5.58 Å². The van der Waals surface area contributed by atoms with E-state index in [1.165, 1.54) is 12.8 Å². The molecule has 1 saturated carbocycles. The van der Waals surface area contributed by atoms with Crippen LogP contribution in [0.1, 0.15) is 31.6 Å². The van der Waals surface area contributed by atoms with E-state index >= 15 is 0 Å². The lowest BCUT2D eigenvalue weighted by Gasteiger charge is -2.22. The number of hydrogen-bond donors (Lipinski definition) is 0. The van der Waals surface area contributed by atoms with E-state index in [-0.39, 0.29) is 5.91 Å². The number of rotatable bonds is 3. The number of carbonyl (C=O) groups is 1. The van der Waals surface area contributed by atoms with Crippen LogP contribution in [0, 0.1) is 0 Å². The van der Waals surface area contributed by atoms with Crippen LogP contribution < -0.4 is 0 Å². The highest BCUT2D eigenvalue weighted by Gasteiger charge is 2.21. The van der Waals surface area contributed by atoms with Gasteiger partial charge >= 0.3 is 0 Å². The van der Waals surface area contributed by atoms with E-state index in [9.17, 15) is 4.79 Å². The third kappa shape index (κ3) is 2.59. The first-order valence-corrected chi connectivity index (χ1v) is 7.04. The molecule has 1 amide bonds. The summed E-state index contributed by atoms with van der Waals surface area (Å²) in [6.07, 6.45) is 7.85. The van der Waals surface area contributed by atoms with Gasteiger partial charge in [0.2, 0.25) is 11.8 Å². The number of nitrogens with zero attached hydrogens (tertiary/aromatic N) is 2. The van der Waals surface area contributed by atoms with E-state index in [4.69, 9.17) is 4.42 Å². The Kier molecular flexibility index (Phi) is 3.54. The van der Waals surface area contributed by atoms with Crippen molar-refractivity contribution in [1.29, 1.82) is 0 Å². The van der Waals surface area contributed by atoms with Gasteiger partial charge in [0.05, 0.1) is 0 Å². The number of fused-ring (bicyclic) bond motifs is 1. The minimum Gasteiger partial charge on any atom is -0.437 e. The van der Waals surface area contributed by atoms with Crippen molar-refractivity contribution < 1.29 is 9.21 Å². The fourth-order valence-corrected chi connectivity index (χ4v) is 2.69. The number of aromatic nitrogens is 1. The molecule has 0 aliphatic heterocycles. The number of benzene rings is 1. The van der Waals surface area contributed by atoms with Gasteiger partial charge in [-0.1, -0.05) is 25.0 Å². The fraction of sp³-hybridized carbons (Fsp3) is 0.375. The molecule has 1 aromatic carbocycles. The molecule has 0 radical (unpaired) electrons. The van der Waals surface area contributed by atoms with Crippen molar-refractivity contribution in [2.24, 2.45) is 0 Å². The first-order chi connectivity index (χ1) is 9.74. The lowest BCUT2D eigenvalue weighted by molar-refractivity contribution is -0.126. The standard InChI is InChI=1S/C16H18N2O2/c1-18(12-6-2-3-7-12)16(19)11-10-15-17-13-8-4-5-9-14(13)20-15/h4-5,8-12H,2-3,6-7H2,1H3/b11-10+. The molecule has 4 nitrogen and oxygen atoms in total. The van der Waals surface area contributed by atoms with Crippen molar-refractivity contribution in [3.05, 3.63) is 36.2 Å². The number of carbonyl (C=O) groups excluding carboxylic acids is 1. The summed E-state index contributed by atoms with van der Waals surface area (Å²) < 4.78 is 5.55. The van der Waals surface area contributed by atoms with E-state index in [2.05, 4.69) is 4.98 Å². The molecule has 104 valence electrons. The van der Waals surface area contributed by atoms with Crippen LogP contribution in [0.25, 0.3) is 17.2 Å². The zero-order chi connectivity index (χ0) is 13.9. The van der Waals surface area contributed by atoms with Gasteiger partial charge in [-0.3, -0.25) is 4.79 Å². The van der Waals surface area contributed by atoms with E-state index in [0.717, 1.165) is 23.9 Å². The smallest absolute Gasteiger partial charge is 0.246 e. The van der Waals surface area contributed by atoms with Crippen LogP contribution >= 0.6 is 0 Å². The second-order valence-electron chi connectivity index (χ2n) is 5.24.